The molecule has 3 aromatic carbocycles. The van der Waals surface area contributed by atoms with Gasteiger partial charge < -0.3 is 21.3 Å². The quantitative estimate of drug-likeness (QED) is 0.485. The van der Waals surface area contributed by atoms with Crippen LogP contribution in [0.4, 0.5) is 0 Å². The minimum Gasteiger partial charge on any atom is -0.368 e. The van der Waals surface area contributed by atoms with Crippen molar-refractivity contribution in [2.45, 2.75) is 57.2 Å². The van der Waals surface area contributed by atoms with Crippen LogP contribution in [0, 0.1) is 0 Å². The molecule has 0 unspecified atom stereocenters. The number of nitrogens with one attached hydrogen (secondary N) is 2. The van der Waals surface area contributed by atoms with Crippen LogP contribution >= 0.6 is 0 Å². The number of nitrogens with two attached hydrogens (primary N) is 1. The first-order chi connectivity index (χ1) is 18.4. The number of carbonyl (C=O) groups is 4. The second-order valence-electron chi connectivity index (χ2n) is 9.72. The summed E-state index contributed by atoms with van der Waals surface area (Å²) in [6.45, 7) is 0.607. The molecule has 8 heteroatoms. The first kappa shape index (κ1) is 26.9. The Kier molecular flexibility index (Phi) is 9.08. The van der Waals surface area contributed by atoms with Crippen molar-refractivity contribution in [3.8, 4) is 0 Å². The number of benzene rings is 3. The van der Waals surface area contributed by atoms with E-state index in [2.05, 4.69) is 10.6 Å². The molecule has 198 valence electrons. The summed E-state index contributed by atoms with van der Waals surface area (Å²) in [5, 5.41) is 7.75. The van der Waals surface area contributed by atoms with Crippen LogP contribution in [0.5, 0.6) is 0 Å². The molecule has 0 bridgehead atoms. The highest BCUT2D eigenvalue weighted by atomic mass is 16.2. The molecule has 1 saturated heterocycles. The third-order valence-electron chi connectivity index (χ3n) is 6.88. The second-order valence-corrected chi connectivity index (χ2v) is 9.72. The molecule has 0 spiro atoms. The number of hydrogen-bond acceptors (Lipinski definition) is 4. The van der Waals surface area contributed by atoms with Crippen LogP contribution in [0.1, 0.15) is 43.2 Å². The fourth-order valence-electron chi connectivity index (χ4n) is 4.85. The summed E-state index contributed by atoms with van der Waals surface area (Å²) in [7, 11) is 0. The lowest BCUT2D eigenvalue weighted by Crippen LogP contribution is -2.55. The largest absolute Gasteiger partial charge is 0.368 e. The van der Waals surface area contributed by atoms with Gasteiger partial charge in [-0.15, -0.1) is 0 Å². The summed E-state index contributed by atoms with van der Waals surface area (Å²) < 4.78 is 0. The normalized spacial score (nSPS) is 19.9. The Balaban J connectivity index is 1.69. The first-order valence-electron chi connectivity index (χ1n) is 13.1. The van der Waals surface area contributed by atoms with E-state index in [0.29, 0.717) is 25.8 Å². The molecule has 1 heterocycles. The maximum absolute atomic E-state index is 14.1. The number of amides is 4. The lowest BCUT2D eigenvalue weighted by atomic mass is 10.00. The van der Waals surface area contributed by atoms with E-state index >= 15 is 0 Å². The number of hydrogen-bond donors (Lipinski definition) is 3. The molecule has 38 heavy (non-hydrogen) atoms. The molecule has 1 fully saturated rings. The van der Waals surface area contributed by atoms with Crippen molar-refractivity contribution in [1.29, 1.82) is 0 Å². The molecular weight excluding hydrogens is 480 g/mol. The molecule has 0 aromatic heterocycles. The predicted octanol–water partition coefficient (Wildman–Crippen LogP) is 2.83. The Morgan fingerprint density at radius 1 is 0.842 bits per heavy atom. The summed E-state index contributed by atoms with van der Waals surface area (Å²) in [4.78, 5) is 53.3. The van der Waals surface area contributed by atoms with Gasteiger partial charge in [-0.25, -0.2) is 0 Å². The molecule has 0 radical (unpaired) electrons. The molecule has 0 aliphatic carbocycles. The molecule has 2 atom stereocenters. The molecule has 1 aliphatic heterocycles. The van der Waals surface area contributed by atoms with E-state index in [0.717, 1.165) is 21.9 Å². The number of carbonyl (C=O) groups excluding carboxylic acids is 4. The summed E-state index contributed by atoms with van der Waals surface area (Å²) in [5.74, 6) is -1.58. The number of primary amides is 1. The van der Waals surface area contributed by atoms with Crippen molar-refractivity contribution in [1.82, 2.24) is 15.5 Å². The average molecular weight is 515 g/mol. The molecule has 3 aromatic rings. The van der Waals surface area contributed by atoms with Crippen molar-refractivity contribution in [3.05, 3.63) is 83.9 Å². The van der Waals surface area contributed by atoms with Gasteiger partial charge in [0.25, 0.3) is 0 Å². The van der Waals surface area contributed by atoms with Crippen LogP contribution < -0.4 is 16.4 Å². The van der Waals surface area contributed by atoms with Crippen molar-refractivity contribution >= 4 is 34.4 Å². The third kappa shape index (κ3) is 7.18. The molecule has 4 rings (SSSR count). The maximum Gasteiger partial charge on any atom is 0.246 e. The van der Waals surface area contributed by atoms with Gasteiger partial charge >= 0.3 is 0 Å². The zero-order valence-electron chi connectivity index (χ0n) is 21.4. The number of nitrogens with zero attached hydrogens (tertiary/aromatic N) is 1. The zero-order valence-corrected chi connectivity index (χ0v) is 21.4. The zero-order chi connectivity index (χ0) is 26.9. The molecule has 4 amide bonds. The standard InChI is InChI=1S/C30H34N4O4/c31-29(37)26-12-6-7-17-32-27(35)15-16-28(36)33-25(19-21-8-2-1-3-9-21)30(38)34(26)20-22-13-14-23-10-4-5-11-24(23)18-22/h1-5,8-11,13-14,18,25-26H,6-7,12,15-17,19-20H2,(H2,31,37)(H,32,35)(H,33,36)/t25-,26-/m0/s1. The van der Waals surface area contributed by atoms with Crippen LogP contribution in [0.25, 0.3) is 10.8 Å². The van der Waals surface area contributed by atoms with Gasteiger partial charge in [-0.2, -0.15) is 0 Å². The van der Waals surface area contributed by atoms with Crippen molar-refractivity contribution in [2.24, 2.45) is 5.73 Å². The fourth-order valence-corrected chi connectivity index (χ4v) is 4.85. The maximum atomic E-state index is 14.1. The van der Waals surface area contributed by atoms with Crippen molar-refractivity contribution in [2.75, 3.05) is 6.54 Å². The van der Waals surface area contributed by atoms with Gasteiger partial charge in [0.05, 0.1) is 0 Å². The van der Waals surface area contributed by atoms with E-state index < -0.39 is 23.9 Å². The van der Waals surface area contributed by atoms with Gasteiger partial charge in [0, 0.05) is 32.4 Å². The van der Waals surface area contributed by atoms with Gasteiger partial charge in [0.1, 0.15) is 12.1 Å². The Morgan fingerprint density at radius 3 is 2.32 bits per heavy atom. The van der Waals surface area contributed by atoms with E-state index in [4.69, 9.17) is 5.73 Å². The van der Waals surface area contributed by atoms with Gasteiger partial charge in [0.15, 0.2) is 0 Å². The number of rotatable bonds is 5. The Morgan fingerprint density at radius 2 is 1.55 bits per heavy atom. The van der Waals surface area contributed by atoms with Crippen LogP contribution in [0.3, 0.4) is 0 Å². The third-order valence-corrected chi connectivity index (χ3v) is 6.88. The topological polar surface area (TPSA) is 122 Å². The van der Waals surface area contributed by atoms with E-state index in [-0.39, 0.29) is 37.6 Å². The van der Waals surface area contributed by atoms with E-state index in [9.17, 15) is 19.2 Å². The van der Waals surface area contributed by atoms with Gasteiger partial charge in [-0.1, -0.05) is 66.7 Å². The smallest absolute Gasteiger partial charge is 0.246 e. The fraction of sp³-hybridized carbons (Fsp3) is 0.333. The average Bonchev–Trinajstić information content (AvgIpc) is 2.92. The summed E-state index contributed by atoms with van der Waals surface area (Å²) in [5.41, 5.74) is 7.59. The van der Waals surface area contributed by atoms with Crippen LogP contribution in [-0.2, 0) is 32.1 Å². The van der Waals surface area contributed by atoms with Gasteiger partial charge in [-0.05, 0) is 47.2 Å². The van der Waals surface area contributed by atoms with E-state index in [1.165, 1.54) is 4.90 Å². The molecule has 4 N–H and O–H groups in total. The van der Waals surface area contributed by atoms with Crippen LogP contribution in [0.15, 0.2) is 72.8 Å². The lowest BCUT2D eigenvalue weighted by molar-refractivity contribution is -0.143. The minimum atomic E-state index is -0.918. The monoisotopic (exact) mass is 514 g/mol. The molecule has 1 aliphatic rings. The highest BCUT2D eigenvalue weighted by Crippen LogP contribution is 2.21. The highest BCUT2D eigenvalue weighted by molar-refractivity contribution is 5.93. The van der Waals surface area contributed by atoms with Gasteiger partial charge in [0.2, 0.25) is 23.6 Å². The highest BCUT2D eigenvalue weighted by Gasteiger charge is 2.34. The Labute approximate surface area is 222 Å². The first-order valence-corrected chi connectivity index (χ1v) is 13.1. The van der Waals surface area contributed by atoms with Gasteiger partial charge in [-0.3, -0.25) is 19.2 Å². The molecule has 8 nitrogen and oxygen atoms in total. The summed E-state index contributed by atoms with van der Waals surface area (Å²) in [6.07, 6.45) is 1.85. The number of fused-ring (bicyclic) bond motifs is 1. The minimum absolute atomic E-state index is 0.0334. The predicted molar refractivity (Wildman–Crippen MR) is 146 cm³/mol. The Hall–Kier alpha value is -4.20. The van der Waals surface area contributed by atoms with Crippen molar-refractivity contribution < 1.29 is 19.2 Å². The van der Waals surface area contributed by atoms with Crippen LogP contribution in [0.2, 0.25) is 0 Å². The summed E-state index contributed by atoms with van der Waals surface area (Å²) >= 11 is 0. The second kappa shape index (κ2) is 12.9. The molecular formula is C30H34N4O4. The summed E-state index contributed by atoms with van der Waals surface area (Å²) in [6, 6.07) is 21.5. The van der Waals surface area contributed by atoms with E-state index in [1.54, 1.807) is 0 Å². The Bertz CT molecular complexity index is 1290. The van der Waals surface area contributed by atoms with Crippen molar-refractivity contribution in [3.63, 3.8) is 0 Å². The lowest BCUT2D eigenvalue weighted by Gasteiger charge is -2.33. The van der Waals surface area contributed by atoms with Crippen LogP contribution in [-0.4, -0.2) is 47.2 Å². The van der Waals surface area contributed by atoms with E-state index in [1.807, 2.05) is 72.8 Å². The SMILES string of the molecule is NC(=O)[C@@H]1CCCCNC(=O)CCC(=O)N[C@@H](Cc2ccccc2)C(=O)N1Cc1ccc2ccccc2c1. The molecule has 0 saturated carbocycles.